The van der Waals surface area contributed by atoms with Crippen LogP contribution in [-0.4, -0.2) is 17.4 Å². The van der Waals surface area contributed by atoms with Crippen LogP contribution in [0.3, 0.4) is 0 Å². The van der Waals surface area contributed by atoms with E-state index in [-0.39, 0.29) is 11.7 Å². The molecule has 1 N–H and O–H groups in total. The van der Waals surface area contributed by atoms with Crippen molar-refractivity contribution in [1.29, 1.82) is 0 Å². The predicted molar refractivity (Wildman–Crippen MR) is 83.4 cm³/mol. The zero-order valence-corrected chi connectivity index (χ0v) is 13.3. The highest BCUT2D eigenvalue weighted by Gasteiger charge is 2.16. The number of aromatic nitrogens is 1. The molecule has 21 heavy (non-hydrogen) atoms. The fourth-order valence-corrected chi connectivity index (χ4v) is 2.95. The van der Waals surface area contributed by atoms with Crippen LogP contribution in [0.25, 0.3) is 0 Å². The number of nitrogens with one attached hydrogen (secondary N) is 1. The van der Waals surface area contributed by atoms with E-state index in [2.05, 4.69) is 24.1 Å². The van der Waals surface area contributed by atoms with E-state index in [1.807, 2.05) is 6.92 Å². The number of aryl methyl sites for hydroxylation is 1. The van der Waals surface area contributed by atoms with Gasteiger partial charge in [0.1, 0.15) is 10.7 Å². The van der Waals surface area contributed by atoms with Gasteiger partial charge in [0.25, 0.3) is 5.91 Å². The number of amides is 1. The Bertz CT molecular complexity index is 637. The minimum atomic E-state index is -0.234. The van der Waals surface area contributed by atoms with Crippen LogP contribution in [0.5, 0.6) is 0 Å². The minimum Gasteiger partial charge on any atom is -0.351 e. The number of rotatable bonds is 5. The van der Waals surface area contributed by atoms with Crippen molar-refractivity contribution in [1.82, 2.24) is 10.3 Å². The number of halogens is 1. The minimum absolute atomic E-state index is 0.131. The molecule has 0 fully saturated rings. The van der Waals surface area contributed by atoms with E-state index >= 15 is 0 Å². The van der Waals surface area contributed by atoms with Crippen LogP contribution >= 0.6 is 11.3 Å². The molecule has 1 aromatic heterocycles. The van der Waals surface area contributed by atoms with E-state index in [9.17, 15) is 9.18 Å². The maximum absolute atomic E-state index is 13.5. The van der Waals surface area contributed by atoms with Crippen LogP contribution < -0.4 is 5.32 Å². The summed E-state index contributed by atoms with van der Waals surface area (Å²) in [6, 6.07) is 6.61. The highest BCUT2D eigenvalue weighted by molar-refractivity contribution is 7.13. The van der Waals surface area contributed by atoms with Crippen LogP contribution in [0, 0.1) is 12.7 Å². The van der Waals surface area contributed by atoms with E-state index in [1.54, 1.807) is 18.2 Å². The number of carbonyl (C=O) groups excluding carboxylic acids is 1. The summed E-state index contributed by atoms with van der Waals surface area (Å²) in [7, 11) is 0. The number of thiazole rings is 1. The monoisotopic (exact) mass is 306 g/mol. The molecule has 0 saturated carbocycles. The third kappa shape index (κ3) is 3.88. The van der Waals surface area contributed by atoms with Crippen LogP contribution in [-0.2, 0) is 6.42 Å². The quantitative estimate of drug-likeness (QED) is 0.915. The average molecular weight is 306 g/mol. The smallest absolute Gasteiger partial charge is 0.263 e. The molecule has 5 heteroatoms. The molecular formula is C16H19FN2OS. The highest BCUT2D eigenvalue weighted by Crippen LogP contribution is 2.24. The van der Waals surface area contributed by atoms with E-state index in [4.69, 9.17) is 0 Å². The van der Waals surface area contributed by atoms with Crippen LogP contribution in [0.2, 0.25) is 0 Å². The zero-order valence-electron chi connectivity index (χ0n) is 12.4. The number of nitrogens with zero attached hydrogens (tertiary/aromatic N) is 1. The topological polar surface area (TPSA) is 42.0 Å². The van der Waals surface area contributed by atoms with Crippen molar-refractivity contribution in [2.75, 3.05) is 6.54 Å². The van der Waals surface area contributed by atoms with Crippen molar-refractivity contribution in [3.05, 3.63) is 51.2 Å². The third-order valence-electron chi connectivity index (χ3n) is 3.15. The van der Waals surface area contributed by atoms with Gasteiger partial charge in [-0.1, -0.05) is 32.0 Å². The molecule has 0 atom stereocenters. The lowest BCUT2D eigenvalue weighted by Gasteiger charge is -2.05. The standard InChI is InChI=1S/C16H19FN2OS/c1-10(2)16-19-11(3)14(21-16)15(20)18-9-8-12-6-4-5-7-13(12)17/h4-7,10H,8-9H2,1-3H3,(H,18,20). The predicted octanol–water partition coefficient (Wildman–Crippen LogP) is 3.69. The highest BCUT2D eigenvalue weighted by atomic mass is 32.1. The molecule has 0 aliphatic heterocycles. The molecule has 1 heterocycles. The molecule has 2 aromatic rings. The first-order valence-corrected chi connectivity index (χ1v) is 7.79. The summed E-state index contributed by atoms with van der Waals surface area (Å²) in [6.45, 7) is 6.36. The second kappa shape index (κ2) is 6.80. The van der Waals surface area contributed by atoms with Gasteiger partial charge in [-0.2, -0.15) is 0 Å². The van der Waals surface area contributed by atoms with E-state index in [0.29, 0.717) is 29.3 Å². The summed E-state index contributed by atoms with van der Waals surface area (Å²) in [4.78, 5) is 17.2. The molecule has 0 radical (unpaired) electrons. The Morgan fingerprint density at radius 1 is 1.38 bits per heavy atom. The molecule has 0 unspecified atom stereocenters. The van der Waals surface area contributed by atoms with Crippen LogP contribution in [0.1, 0.15) is 45.7 Å². The molecule has 0 spiro atoms. The van der Waals surface area contributed by atoms with E-state index in [0.717, 1.165) is 10.7 Å². The fourth-order valence-electron chi connectivity index (χ4n) is 1.97. The van der Waals surface area contributed by atoms with Crippen LogP contribution in [0.15, 0.2) is 24.3 Å². The van der Waals surface area contributed by atoms with E-state index < -0.39 is 0 Å². The summed E-state index contributed by atoms with van der Waals surface area (Å²) >= 11 is 1.43. The van der Waals surface area contributed by atoms with E-state index in [1.165, 1.54) is 17.4 Å². The third-order valence-corrected chi connectivity index (χ3v) is 4.61. The fraction of sp³-hybridized carbons (Fsp3) is 0.375. The molecule has 0 bridgehead atoms. The Kier molecular flexibility index (Phi) is 5.07. The first-order valence-electron chi connectivity index (χ1n) is 6.98. The van der Waals surface area contributed by atoms with Gasteiger partial charge < -0.3 is 5.32 Å². The lowest BCUT2D eigenvalue weighted by atomic mass is 10.1. The number of hydrogen-bond donors (Lipinski definition) is 1. The first kappa shape index (κ1) is 15.6. The Morgan fingerprint density at radius 2 is 2.10 bits per heavy atom. The molecular weight excluding hydrogens is 287 g/mol. The SMILES string of the molecule is Cc1nc(C(C)C)sc1C(=O)NCCc1ccccc1F. The van der Waals surface area contributed by atoms with Gasteiger partial charge >= 0.3 is 0 Å². The average Bonchev–Trinajstić information content (AvgIpc) is 2.83. The number of hydrogen-bond acceptors (Lipinski definition) is 3. The molecule has 1 amide bonds. The molecule has 0 aliphatic rings. The van der Waals surface area contributed by atoms with Gasteiger partial charge in [-0.05, 0) is 25.0 Å². The molecule has 2 rings (SSSR count). The molecule has 0 aliphatic carbocycles. The van der Waals surface area contributed by atoms with Gasteiger partial charge in [-0.15, -0.1) is 11.3 Å². The lowest BCUT2D eigenvalue weighted by molar-refractivity contribution is 0.0957. The maximum atomic E-state index is 13.5. The second-order valence-electron chi connectivity index (χ2n) is 5.22. The maximum Gasteiger partial charge on any atom is 0.263 e. The van der Waals surface area contributed by atoms with Gasteiger partial charge in [-0.25, -0.2) is 9.37 Å². The molecule has 1 aromatic carbocycles. The Morgan fingerprint density at radius 3 is 2.71 bits per heavy atom. The molecule has 3 nitrogen and oxygen atoms in total. The largest absolute Gasteiger partial charge is 0.351 e. The molecule has 112 valence electrons. The normalized spacial score (nSPS) is 10.9. The summed E-state index contributed by atoms with van der Waals surface area (Å²) in [5.41, 5.74) is 1.37. The van der Waals surface area contributed by atoms with Crippen molar-refractivity contribution in [3.8, 4) is 0 Å². The first-order chi connectivity index (χ1) is 9.99. The van der Waals surface area contributed by atoms with Crippen molar-refractivity contribution < 1.29 is 9.18 Å². The Hall–Kier alpha value is -1.75. The van der Waals surface area contributed by atoms with Gasteiger partial charge in [0, 0.05) is 12.5 Å². The number of benzene rings is 1. The number of carbonyl (C=O) groups is 1. The summed E-state index contributed by atoms with van der Waals surface area (Å²) in [6.07, 6.45) is 0.479. The van der Waals surface area contributed by atoms with Crippen molar-refractivity contribution in [2.45, 2.75) is 33.1 Å². The van der Waals surface area contributed by atoms with Gasteiger partial charge in [0.05, 0.1) is 10.7 Å². The Labute approximate surface area is 128 Å². The van der Waals surface area contributed by atoms with Gasteiger partial charge in [-0.3, -0.25) is 4.79 Å². The zero-order chi connectivity index (χ0) is 15.4. The summed E-state index contributed by atoms with van der Waals surface area (Å²) < 4.78 is 13.5. The van der Waals surface area contributed by atoms with Crippen LogP contribution in [0.4, 0.5) is 4.39 Å². The van der Waals surface area contributed by atoms with Gasteiger partial charge in [0.2, 0.25) is 0 Å². The van der Waals surface area contributed by atoms with Gasteiger partial charge in [0.15, 0.2) is 0 Å². The van der Waals surface area contributed by atoms with Crippen molar-refractivity contribution in [2.24, 2.45) is 0 Å². The summed E-state index contributed by atoms with van der Waals surface area (Å²) in [5, 5.41) is 3.80. The second-order valence-corrected chi connectivity index (χ2v) is 6.25. The lowest BCUT2D eigenvalue weighted by Crippen LogP contribution is -2.25. The molecule has 0 saturated heterocycles. The van der Waals surface area contributed by atoms with Crippen molar-refractivity contribution in [3.63, 3.8) is 0 Å². The summed E-state index contributed by atoms with van der Waals surface area (Å²) in [5.74, 6) is -0.0512. The Balaban J connectivity index is 1.95. The van der Waals surface area contributed by atoms with Crippen molar-refractivity contribution >= 4 is 17.2 Å².